The molecule has 2 rings (SSSR count). The van der Waals surface area contributed by atoms with E-state index in [-0.39, 0.29) is 18.3 Å². The summed E-state index contributed by atoms with van der Waals surface area (Å²) in [6.45, 7) is 3.31. The number of hydrogen-bond acceptors (Lipinski definition) is 4. The summed E-state index contributed by atoms with van der Waals surface area (Å²) in [4.78, 5) is 14.4. The van der Waals surface area contributed by atoms with Crippen LogP contribution < -0.4 is 14.8 Å². The number of ether oxygens (including phenoxy) is 2. The monoisotopic (exact) mass is 300 g/mol. The Labute approximate surface area is 125 Å². The molecule has 0 atom stereocenters. The van der Waals surface area contributed by atoms with Crippen LogP contribution in [0.2, 0.25) is 0 Å². The molecule has 1 amide bonds. The van der Waals surface area contributed by atoms with Crippen molar-refractivity contribution in [3.05, 3.63) is 23.8 Å². The Morgan fingerprint density at radius 2 is 2.00 bits per heavy atom. The summed E-state index contributed by atoms with van der Waals surface area (Å²) >= 11 is 0. The molecule has 1 aliphatic heterocycles. The van der Waals surface area contributed by atoms with E-state index in [4.69, 9.17) is 9.47 Å². The van der Waals surface area contributed by atoms with Crippen LogP contribution in [-0.2, 0) is 0 Å². The third-order valence-corrected chi connectivity index (χ3v) is 3.27. The lowest BCUT2D eigenvalue weighted by Gasteiger charge is -2.21. The molecule has 0 radical (unpaired) electrons. The van der Waals surface area contributed by atoms with E-state index in [0.717, 1.165) is 32.6 Å². The van der Waals surface area contributed by atoms with Crippen molar-refractivity contribution in [1.82, 2.24) is 10.2 Å². The number of benzene rings is 1. The van der Waals surface area contributed by atoms with Gasteiger partial charge in [-0.25, -0.2) is 0 Å². The molecule has 20 heavy (non-hydrogen) atoms. The van der Waals surface area contributed by atoms with Gasteiger partial charge in [-0.2, -0.15) is 0 Å². The fourth-order valence-electron chi connectivity index (χ4n) is 2.19. The zero-order valence-electron chi connectivity index (χ0n) is 11.8. The lowest BCUT2D eigenvalue weighted by molar-refractivity contribution is 0.0763. The largest absolute Gasteiger partial charge is 0.497 e. The van der Waals surface area contributed by atoms with Crippen LogP contribution in [0.4, 0.5) is 0 Å². The van der Waals surface area contributed by atoms with E-state index in [2.05, 4.69) is 5.32 Å². The second-order valence-corrected chi connectivity index (χ2v) is 4.46. The van der Waals surface area contributed by atoms with Gasteiger partial charge in [0.05, 0.1) is 19.8 Å². The number of methoxy groups -OCH3 is 2. The first-order valence-corrected chi connectivity index (χ1v) is 6.48. The molecule has 6 heteroatoms. The van der Waals surface area contributed by atoms with Crippen molar-refractivity contribution in [2.45, 2.75) is 6.42 Å². The predicted octanol–water partition coefficient (Wildman–Crippen LogP) is 1.56. The quantitative estimate of drug-likeness (QED) is 0.920. The minimum Gasteiger partial charge on any atom is -0.497 e. The molecule has 1 N–H and O–H groups in total. The first-order valence-electron chi connectivity index (χ1n) is 6.48. The van der Waals surface area contributed by atoms with E-state index in [9.17, 15) is 4.79 Å². The average Bonchev–Trinajstić information content (AvgIpc) is 2.74. The average molecular weight is 301 g/mol. The standard InChI is InChI=1S/C14H20N2O3.ClH/c1-18-11-4-5-12(13(10-11)19-2)14(17)16-8-3-6-15-7-9-16;/h4-5,10,15H,3,6-9H2,1-2H3;1H. The molecule has 112 valence electrons. The molecule has 0 saturated carbocycles. The Balaban J connectivity index is 0.00000200. The molecule has 0 aliphatic carbocycles. The van der Waals surface area contributed by atoms with Gasteiger partial charge >= 0.3 is 0 Å². The second-order valence-electron chi connectivity index (χ2n) is 4.46. The molecule has 1 aromatic rings. The number of nitrogens with zero attached hydrogens (tertiary/aromatic N) is 1. The Kier molecular flexibility index (Phi) is 6.61. The van der Waals surface area contributed by atoms with Crippen molar-refractivity contribution in [1.29, 1.82) is 0 Å². The van der Waals surface area contributed by atoms with Crippen LogP contribution in [0.3, 0.4) is 0 Å². The van der Waals surface area contributed by atoms with E-state index in [1.807, 2.05) is 4.90 Å². The van der Waals surface area contributed by atoms with Crippen LogP contribution in [0, 0.1) is 0 Å². The second kappa shape index (κ2) is 7.97. The van der Waals surface area contributed by atoms with Crippen molar-refractivity contribution in [3.63, 3.8) is 0 Å². The van der Waals surface area contributed by atoms with Crippen LogP contribution >= 0.6 is 12.4 Å². The van der Waals surface area contributed by atoms with Gasteiger partial charge in [0, 0.05) is 25.7 Å². The Hall–Kier alpha value is -1.46. The SMILES string of the molecule is COc1ccc(C(=O)N2CCCNCC2)c(OC)c1.Cl. The van der Waals surface area contributed by atoms with E-state index in [1.165, 1.54) is 0 Å². The molecule has 0 aromatic heterocycles. The number of halogens is 1. The molecule has 1 fully saturated rings. The van der Waals surface area contributed by atoms with Gasteiger partial charge in [-0.15, -0.1) is 12.4 Å². The number of carbonyl (C=O) groups is 1. The first kappa shape index (κ1) is 16.6. The van der Waals surface area contributed by atoms with Crippen LogP contribution in [0.15, 0.2) is 18.2 Å². The highest BCUT2D eigenvalue weighted by atomic mass is 35.5. The maximum absolute atomic E-state index is 12.5. The van der Waals surface area contributed by atoms with Crippen LogP contribution in [0.25, 0.3) is 0 Å². The number of nitrogens with one attached hydrogen (secondary N) is 1. The molecule has 5 nitrogen and oxygen atoms in total. The van der Waals surface area contributed by atoms with E-state index in [0.29, 0.717) is 17.1 Å². The fourth-order valence-corrected chi connectivity index (χ4v) is 2.19. The lowest BCUT2D eigenvalue weighted by atomic mass is 10.1. The van der Waals surface area contributed by atoms with Gasteiger partial charge in [-0.3, -0.25) is 4.79 Å². The summed E-state index contributed by atoms with van der Waals surface area (Å²) in [5.41, 5.74) is 0.588. The molecule has 1 aliphatic rings. The third-order valence-electron chi connectivity index (χ3n) is 3.27. The first-order chi connectivity index (χ1) is 9.26. The fraction of sp³-hybridized carbons (Fsp3) is 0.500. The molecule has 0 unspecified atom stereocenters. The topological polar surface area (TPSA) is 50.8 Å². The number of amides is 1. The third kappa shape index (κ3) is 3.77. The lowest BCUT2D eigenvalue weighted by Crippen LogP contribution is -2.34. The summed E-state index contributed by atoms with van der Waals surface area (Å²) in [6, 6.07) is 5.29. The Bertz CT molecular complexity index is 446. The van der Waals surface area contributed by atoms with Crippen molar-refractivity contribution in [2.24, 2.45) is 0 Å². The zero-order chi connectivity index (χ0) is 13.7. The Morgan fingerprint density at radius 1 is 1.20 bits per heavy atom. The van der Waals surface area contributed by atoms with Gasteiger partial charge < -0.3 is 19.7 Å². The maximum atomic E-state index is 12.5. The minimum atomic E-state index is 0. The summed E-state index contributed by atoms with van der Waals surface area (Å²) in [5.74, 6) is 1.26. The maximum Gasteiger partial charge on any atom is 0.257 e. The molecule has 1 heterocycles. The number of rotatable bonds is 3. The van der Waals surface area contributed by atoms with Gasteiger partial charge in [0.1, 0.15) is 11.5 Å². The predicted molar refractivity (Wildman–Crippen MR) is 80.2 cm³/mol. The molecule has 1 aromatic carbocycles. The number of carbonyl (C=O) groups excluding carboxylic acids is 1. The van der Waals surface area contributed by atoms with Gasteiger partial charge in [0.2, 0.25) is 0 Å². The highest BCUT2D eigenvalue weighted by Gasteiger charge is 2.20. The minimum absolute atomic E-state index is 0. The molecular weight excluding hydrogens is 280 g/mol. The summed E-state index contributed by atoms with van der Waals surface area (Å²) in [7, 11) is 3.16. The summed E-state index contributed by atoms with van der Waals surface area (Å²) in [6.07, 6.45) is 0.976. The van der Waals surface area contributed by atoms with Crippen molar-refractivity contribution >= 4 is 18.3 Å². The van der Waals surface area contributed by atoms with Gasteiger partial charge in [-0.1, -0.05) is 0 Å². The van der Waals surface area contributed by atoms with Crippen LogP contribution in [-0.4, -0.2) is 51.2 Å². The Morgan fingerprint density at radius 3 is 2.70 bits per heavy atom. The molecule has 0 spiro atoms. The summed E-state index contributed by atoms with van der Waals surface area (Å²) < 4.78 is 10.4. The molecule has 1 saturated heterocycles. The molecule has 0 bridgehead atoms. The van der Waals surface area contributed by atoms with Crippen molar-refractivity contribution in [2.75, 3.05) is 40.4 Å². The van der Waals surface area contributed by atoms with Gasteiger partial charge in [0.15, 0.2) is 0 Å². The van der Waals surface area contributed by atoms with Crippen LogP contribution in [0.5, 0.6) is 11.5 Å². The van der Waals surface area contributed by atoms with Gasteiger partial charge in [0.25, 0.3) is 5.91 Å². The highest BCUT2D eigenvalue weighted by Crippen LogP contribution is 2.25. The number of hydrogen-bond donors (Lipinski definition) is 1. The highest BCUT2D eigenvalue weighted by molar-refractivity contribution is 5.97. The van der Waals surface area contributed by atoms with E-state index >= 15 is 0 Å². The smallest absolute Gasteiger partial charge is 0.257 e. The van der Waals surface area contributed by atoms with E-state index < -0.39 is 0 Å². The zero-order valence-corrected chi connectivity index (χ0v) is 12.7. The van der Waals surface area contributed by atoms with Crippen molar-refractivity contribution < 1.29 is 14.3 Å². The van der Waals surface area contributed by atoms with Crippen molar-refractivity contribution in [3.8, 4) is 11.5 Å². The summed E-state index contributed by atoms with van der Waals surface area (Å²) in [5, 5.41) is 3.29. The van der Waals surface area contributed by atoms with E-state index in [1.54, 1.807) is 32.4 Å². The van der Waals surface area contributed by atoms with Crippen LogP contribution in [0.1, 0.15) is 16.8 Å². The normalized spacial score (nSPS) is 15.0. The van der Waals surface area contributed by atoms with Gasteiger partial charge in [-0.05, 0) is 25.1 Å². The molecular formula is C14H21ClN2O3.